The zero-order valence-corrected chi connectivity index (χ0v) is 15.8. The fourth-order valence-corrected chi connectivity index (χ4v) is 3.45. The molecule has 0 unspecified atom stereocenters. The molecule has 1 amide bonds. The van der Waals surface area contributed by atoms with E-state index in [0.29, 0.717) is 22.5 Å². The van der Waals surface area contributed by atoms with Crippen LogP contribution in [-0.4, -0.2) is 37.1 Å². The van der Waals surface area contributed by atoms with E-state index in [2.05, 4.69) is 25.7 Å². The number of primary amides is 1. The molecule has 0 bridgehead atoms. The smallest absolute Gasteiger partial charge is 0.280 e. The number of fused-ring (bicyclic) bond motifs is 1. The molecule has 11 heteroatoms. The maximum Gasteiger partial charge on any atom is 0.280 e. The first-order valence-electron chi connectivity index (χ1n) is 8.26. The minimum atomic E-state index is -0.636. The van der Waals surface area contributed by atoms with Gasteiger partial charge in [0, 0.05) is 30.4 Å². The number of anilines is 3. The van der Waals surface area contributed by atoms with Gasteiger partial charge in [0.15, 0.2) is 10.8 Å². The van der Waals surface area contributed by atoms with Crippen molar-refractivity contribution in [2.24, 2.45) is 5.73 Å². The molecule has 28 heavy (non-hydrogen) atoms. The Morgan fingerprint density at radius 3 is 2.82 bits per heavy atom. The molecule has 4 N–H and O–H groups in total. The first-order chi connectivity index (χ1) is 13.5. The van der Waals surface area contributed by atoms with Gasteiger partial charge in [0.05, 0.1) is 6.20 Å². The molecule has 0 aliphatic carbocycles. The Morgan fingerprint density at radius 2 is 2.14 bits per heavy atom. The molecule has 0 aliphatic heterocycles. The average molecular weight is 396 g/mol. The van der Waals surface area contributed by atoms with Crippen molar-refractivity contribution in [2.45, 2.75) is 6.92 Å². The summed E-state index contributed by atoms with van der Waals surface area (Å²) < 4.78 is 2.93. The second-order valence-corrected chi connectivity index (χ2v) is 7.12. The number of amides is 1. The van der Waals surface area contributed by atoms with Gasteiger partial charge in [-0.3, -0.25) is 14.2 Å². The van der Waals surface area contributed by atoms with Crippen molar-refractivity contribution in [3.63, 3.8) is 0 Å². The van der Waals surface area contributed by atoms with Gasteiger partial charge in [-0.15, -0.1) is 11.3 Å². The zero-order valence-electron chi connectivity index (χ0n) is 15.0. The first-order valence-corrected chi connectivity index (χ1v) is 9.07. The number of aryl methyl sites for hydroxylation is 1. The number of hydrogen-bond donors (Lipinski definition) is 3. The number of pyridine rings is 1. The minimum absolute atomic E-state index is 0.184. The highest BCUT2D eigenvalue weighted by molar-refractivity contribution is 7.13. The number of carbonyl (C=O) groups excluding carboxylic acids is 1. The maximum atomic E-state index is 12.9. The number of carbonyl (C=O) groups is 1. The van der Waals surface area contributed by atoms with Crippen LogP contribution in [0.15, 0.2) is 41.6 Å². The summed E-state index contributed by atoms with van der Waals surface area (Å²) >= 11 is 1.42. The predicted octanol–water partition coefficient (Wildman–Crippen LogP) is 1.53. The number of thiazole rings is 1. The first kappa shape index (κ1) is 17.7. The third kappa shape index (κ3) is 2.97. The molecule has 4 heterocycles. The van der Waals surface area contributed by atoms with Crippen LogP contribution in [0.3, 0.4) is 0 Å². The highest BCUT2D eigenvalue weighted by Gasteiger charge is 2.16. The van der Waals surface area contributed by atoms with Crippen LogP contribution in [0.1, 0.15) is 15.2 Å². The number of rotatable bonds is 5. The molecule has 10 nitrogen and oxygen atoms in total. The maximum absolute atomic E-state index is 12.9. The Morgan fingerprint density at radius 1 is 1.32 bits per heavy atom. The van der Waals surface area contributed by atoms with Crippen LogP contribution in [-0.2, 0) is 0 Å². The van der Waals surface area contributed by atoms with Crippen LogP contribution in [0.25, 0.3) is 10.8 Å². The fourth-order valence-electron chi connectivity index (χ4n) is 2.71. The van der Waals surface area contributed by atoms with Crippen LogP contribution in [0.2, 0.25) is 0 Å². The van der Waals surface area contributed by atoms with Gasteiger partial charge >= 0.3 is 0 Å². The van der Waals surface area contributed by atoms with Crippen LogP contribution in [0.5, 0.6) is 0 Å². The Balaban J connectivity index is 1.79. The van der Waals surface area contributed by atoms with Gasteiger partial charge in [0.25, 0.3) is 11.5 Å². The van der Waals surface area contributed by atoms with Crippen molar-refractivity contribution in [3.8, 4) is 5.13 Å². The molecule has 4 aromatic heterocycles. The van der Waals surface area contributed by atoms with E-state index in [1.807, 2.05) is 6.92 Å². The van der Waals surface area contributed by atoms with Crippen molar-refractivity contribution < 1.29 is 4.79 Å². The van der Waals surface area contributed by atoms with E-state index < -0.39 is 5.91 Å². The summed E-state index contributed by atoms with van der Waals surface area (Å²) in [6.45, 7) is 1.93. The molecule has 0 radical (unpaired) electrons. The third-order valence-corrected chi connectivity index (χ3v) is 4.93. The van der Waals surface area contributed by atoms with E-state index in [-0.39, 0.29) is 16.8 Å². The molecule has 4 aromatic rings. The van der Waals surface area contributed by atoms with Crippen molar-refractivity contribution >= 4 is 40.2 Å². The van der Waals surface area contributed by atoms with Gasteiger partial charge in [0.1, 0.15) is 22.9 Å². The van der Waals surface area contributed by atoms with Crippen molar-refractivity contribution in [1.29, 1.82) is 0 Å². The Hall–Kier alpha value is -3.73. The lowest BCUT2D eigenvalue weighted by molar-refractivity contribution is 0.100. The Kier molecular flexibility index (Phi) is 4.28. The number of hydrogen-bond acceptors (Lipinski definition) is 8. The summed E-state index contributed by atoms with van der Waals surface area (Å²) in [5, 5.41) is 10.7. The number of nitrogens with one attached hydrogen (secondary N) is 2. The molecule has 0 spiro atoms. The lowest BCUT2D eigenvalue weighted by atomic mass is 10.3. The molecular formula is C17H16N8O2S. The number of nitrogens with zero attached hydrogens (tertiary/aromatic N) is 5. The van der Waals surface area contributed by atoms with E-state index in [4.69, 9.17) is 5.73 Å². The standard InChI is InChI=1S/C17H16N8O2S/c1-9-7-20-17(28-9)24-5-3-4-11(16(24)27)22-12-6-13(19-2)25-15(23-12)10(8-21-25)14(18)26/h3-8,19H,1-2H3,(H2,18,26)(H,22,23). The van der Waals surface area contributed by atoms with E-state index in [0.717, 1.165) is 4.88 Å². The summed E-state index contributed by atoms with van der Waals surface area (Å²) in [4.78, 5) is 34.1. The van der Waals surface area contributed by atoms with Crippen molar-refractivity contribution in [1.82, 2.24) is 24.1 Å². The minimum Gasteiger partial charge on any atom is -0.373 e. The SMILES string of the molecule is CNc1cc(Nc2cccn(-c3ncc(C)s3)c2=O)nc2c(C(N)=O)cnn12. The molecule has 0 fully saturated rings. The van der Waals surface area contributed by atoms with E-state index >= 15 is 0 Å². The van der Waals surface area contributed by atoms with Crippen LogP contribution in [0.4, 0.5) is 17.3 Å². The monoisotopic (exact) mass is 396 g/mol. The van der Waals surface area contributed by atoms with E-state index in [1.165, 1.54) is 26.6 Å². The average Bonchev–Trinajstić information content (AvgIpc) is 3.29. The van der Waals surface area contributed by atoms with Crippen LogP contribution in [0, 0.1) is 6.92 Å². The van der Waals surface area contributed by atoms with Crippen molar-refractivity contribution in [3.05, 3.63) is 57.6 Å². The van der Waals surface area contributed by atoms with Crippen LogP contribution < -0.4 is 21.9 Å². The van der Waals surface area contributed by atoms with Gasteiger partial charge < -0.3 is 16.4 Å². The lowest BCUT2D eigenvalue weighted by Crippen LogP contribution is -2.20. The van der Waals surface area contributed by atoms with E-state index in [1.54, 1.807) is 37.6 Å². The van der Waals surface area contributed by atoms with Crippen LogP contribution >= 0.6 is 11.3 Å². The van der Waals surface area contributed by atoms with Gasteiger partial charge in [-0.2, -0.15) is 9.61 Å². The summed E-state index contributed by atoms with van der Waals surface area (Å²) in [6.07, 6.45) is 4.73. The third-order valence-electron chi connectivity index (χ3n) is 4.02. The summed E-state index contributed by atoms with van der Waals surface area (Å²) in [7, 11) is 1.71. The molecule has 0 aliphatic rings. The Bertz CT molecular complexity index is 1260. The van der Waals surface area contributed by atoms with Gasteiger partial charge in [-0.25, -0.2) is 9.97 Å². The molecule has 0 saturated carbocycles. The topological polar surface area (TPSA) is 132 Å². The molecule has 0 atom stereocenters. The van der Waals surface area contributed by atoms with Gasteiger partial charge in [0.2, 0.25) is 0 Å². The summed E-state index contributed by atoms with van der Waals surface area (Å²) in [5.41, 5.74) is 5.91. The van der Waals surface area contributed by atoms with E-state index in [9.17, 15) is 9.59 Å². The van der Waals surface area contributed by atoms with Crippen molar-refractivity contribution in [2.75, 3.05) is 17.7 Å². The Labute approximate surface area is 162 Å². The second-order valence-electron chi connectivity index (χ2n) is 5.91. The molecule has 142 valence electrons. The highest BCUT2D eigenvalue weighted by atomic mass is 32.1. The lowest BCUT2D eigenvalue weighted by Gasteiger charge is -2.10. The fraction of sp³-hybridized carbons (Fsp3) is 0.118. The molecule has 4 rings (SSSR count). The second kappa shape index (κ2) is 6.78. The number of aromatic nitrogens is 5. The van der Waals surface area contributed by atoms with Gasteiger partial charge in [-0.1, -0.05) is 0 Å². The normalized spacial score (nSPS) is 10.9. The predicted molar refractivity (Wildman–Crippen MR) is 107 cm³/mol. The summed E-state index contributed by atoms with van der Waals surface area (Å²) in [6, 6.07) is 5.07. The molecule has 0 saturated heterocycles. The summed E-state index contributed by atoms with van der Waals surface area (Å²) in [5.74, 6) is 0.305. The molecular weight excluding hydrogens is 380 g/mol. The molecule has 0 aromatic carbocycles. The quantitative estimate of drug-likeness (QED) is 0.466. The van der Waals surface area contributed by atoms with Gasteiger partial charge in [-0.05, 0) is 19.1 Å². The number of nitrogens with two attached hydrogens (primary N) is 1. The largest absolute Gasteiger partial charge is 0.373 e. The zero-order chi connectivity index (χ0) is 19.8. The highest BCUT2D eigenvalue weighted by Crippen LogP contribution is 2.21.